The number of carbonyl (C=O) groups excluding carboxylic acids is 1. The summed E-state index contributed by atoms with van der Waals surface area (Å²) in [5, 5.41) is 9.13. The Kier molecular flexibility index (Phi) is 3.58. The number of phenols is 1. The highest BCUT2D eigenvalue weighted by Gasteiger charge is 2.22. The summed E-state index contributed by atoms with van der Waals surface area (Å²) < 4.78 is 5.22. The third-order valence-electron chi connectivity index (χ3n) is 1.99. The average molecular weight is 221 g/mol. The third kappa shape index (κ3) is 3.57. The Morgan fingerprint density at radius 2 is 1.81 bits per heavy atom. The van der Waals surface area contributed by atoms with Gasteiger partial charge in [-0.15, -0.1) is 0 Å². The predicted molar refractivity (Wildman–Crippen MR) is 62.0 cm³/mol. The summed E-state index contributed by atoms with van der Waals surface area (Å²) in [7, 11) is 0. The summed E-state index contributed by atoms with van der Waals surface area (Å²) >= 11 is 0. The molecule has 0 bridgehead atoms. The minimum atomic E-state index is -0.570. The number of rotatable bonds is 2. The van der Waals surface area contributed by atoms with Crippen molar-refractivity contribution in [3.63, 3.8) is 0 Å². The van der Waals surface area contributed by atoms with E-state index in [1.165, 1.54) is 12.1 Å². The van der Waals surface area contributed by atoms with Crippen LogP contribution in [0, 0.1) is 6.92 Å². The first-order chi connectivity index (χ1) is 7.29. The first-order valence-corrected chi connectivity index (χ1v) is 5.14. The van der Waals surface area contributed by atoms with Crippen LogP contribution in [0.5, 0.6) is 5.75 Å². The number of phenolic OH excluding ortho intramolecular Hbond substituents is 1. The Hall–Kier alpha value is -1.51. The summed E-state index contributed by atoms with van der Waals surface area (Å²) in [5.74, 6) is -0.766. The molecule has 0 aliphatic heterocycles. The fraction of sp³-hybridized carbons (Fsp3) is 0.385. The molecule has 0 unspecified atom stereocenters. The minimum Gasteiger partial charge on any atom is -0.508 e. The van der Waals surface area contributed by atoms with Gasteiger partial charge in [-0.25, -0.2) is 0 Å². The van der Waals surface area contributed by atoms with Crippen LogP contribution < -0.4 is 0 Å². The highest BCUT2D eigenvalue weighted by molar-refractivity contribution is 5.79. The third-order valence-corrected chi connectivity index (χ3v) is 1.99. The van der Waals surface area contributed by atoms with Crippen molar-refractivity contribution < 1.29 is 14.6 Å². The zero-order valence-corrected chi connectivity index (χ0v) is 9.86. The highest BCUT2D eigenvalue weighted by atomic mass is 16.6. The number of hydrogen-bond donors (Lipinski definition) is 1. The van der Waals surface area contributed by atoms with Crippen molar-refractivity contribution in [3.05, 3.63) is 36.8 Å². The van der Waals surface area contributed by atoms with Crippen LogP contribution in [-0.2, 0) is 9.53 Å². The molecule has 0 aromatic heterocycles. The summed E-state index contributed by atoms with van der Waals surface area (Å²) in [5.41, 5.74) is 0.219. The molecule has 0 saturated carbocycles. The molecule has 87 valence electrons. The molecule has 0 fully saturated rings. The van der Waals surface area contributed by atoms with E-state index in [0.717, 1.165) is 5.56 Å². The summed E-state index contributed by atoms with van der Waals surface area (Å²) in [4.78, 5) is 11.7. The Balaban J connectivity index is 2.74. The monoisotopic (exact) mass is 221 g/mol. The molecule has 0 spiro atoms. The molecule has 0 amide bonds. The van der Waals surface area contributed by atoms with Gasteiger partial charge in [-0.05, 0) is 45.4 Å². The van der Waals surface area contributed by atoms with E-state index in [4.69, 9.17) is 9.84 Å². The molecule has 0 saturated heterocycles. The Morgan fingerprint density at radius 3 is 2.25 bits per heavy atom. The van der Waals surface area contributed by atoms with Crippen molar-refractivity contribution >= 4 is 5.97 Å². The van der Waals surface area contributed by atoms with Gasteiger partial charge in [0.2, 0.25) is 0 Å². The lowest BCUT2D eigenvalue weighted by atomic mass is 10.0. The maximum absolute atomic E-state index is 11.7. The standard InChI is InChI=1S/C13H17O3/c1-9(12(15)16-13(2,3)4)10-5-7-11(14)8-6-10/h5-9,14H,1H2,2-4H3/t9-/m0/s1. The first-order valence-electron chi connectivity index (χ1n) is 5.14. The van der Waals surface area contributed by atoms with Crippen LogP contribution in [0.25, 0.3) is 0 Å². The van der Waals surface area contributed by atoms with Crippen LogP contribution >= 0.6 is 0 Å². The number of ether oxygens (including phenoxy) is 1. The molecule has 1 aromatic rings. The van der Waals surface area contributed by atoms with Crippen molar-refractivity contribution in [1.29, 1.82) is 0 Å². The number of carbonyl (C=O) groups is 1. The van der Waals surface area contributed by atoms with Gasteiger partial charge in [0.1, 0.15) is 11.4 Å². The van der Waals surface area contributed by atoms with Crippen molar-refractivity contribution in [1.82, 2.24) is 0 Å². The summed E-state index contributed by atoms with van der Waals surface area (Å²) in [6.07, 6.45) is 0. The van der Waals surface area contributed by atoms with Crippen LogP contribution in [0.2, 0.25) is 0 Å². The van der Waals surface area contributed by atoms with Crippen LogP contribution in [0.1, 0.15) is 32.3 Å². The van der Waals surface area contributed by atoms with E-state index in [0.29, 0.717) is 0 Å². The lowest BCUT2D eigenvalue weighted by molar-refractivity contribution is -0.155. The molecular weight excluding hydrogens is 204 g/mol. The zero-order valence-electron chi connectivity index (χ0n) is 9.86. The largest absolute Gasteiger partial charge is 0.508 e. The molecule has 1 rings (SSSR count). The maximum atomic E-state index is 11.7. The molecule has 1 radical (unpaired) electrons. The minimum absolute atomic E-state index is 0.167. The Bertz CT molecular complexity index is 360. The molecule has 3 nitrogen and oxygen atoms in total. The van der Waals surface area contributed by atoms with Gasteiger partial charge in [0.25, 0.3) is 0 Å². The highest BCUT2D eigenvalue weighted by Crippen LogP contribution is 2.21. The summed E-state index contributed by atoms with van der Waals surface area (Å²) in [6.45, 7) is 9.21. The van der Waals surface area contributed by atoms with E-state index in [9.17, 15) is 4.79 Å². The number of aromatic hydroxyl groups is 1. The molecule has 3 heteroatoms. The molecule has 1 N–H and O–H groups in total. The molecule has 1 aromatic carbocycles. The Morgan fingerprint density at radius 1 is 1.31 bits per heavy atom. The number of esters is 1. The van der Waals surface area contributed by atoms with Gasteiger partial charge in [0.15, 0.2) is 0 Å². The van der Waals surface area contributed by atoms with Crippen molar-refractivity contribution in [3.8, 4) is 5.75 Å². The summed E-state index contributed by atoms with van der Waals surface area (Å²) in [6, 6.07) is 6.38. The number of benzene rings is 1. The van der Waals surface area contributed by atoms with Gasteiger partial charge in [0, 0.05) is 0 Å². The molecule has 16 heavy (non-hydrogen) atoms. The lowest BCUT2D eigenvalue weighted by Gasteiger charge is -2.22. The van der Waals surface area contributed by atoms with Gasteiger partial charge >= 0.3 is 5.97 Å². The van der Waals surface area contributed by atoms with Crippen LogP contribution in [-0.4, -0.2) is 16.7 Å². The van der Waals surface area contributed by atoms with Crippen LogP contribution in [0.4, 0.5) is 0 Å². The first kappa shape index (κ1) is 12.6. The van der Waals surface area contributed by atoms with E-state index in [2.05, 4.69) is 6.92 Å². The second-order valence-corrected chi connectivity index (χ2v) is 4.68. The fourth-order valence-electron chi connectivity index (χ4n) is 1.22. The SMILES string of the molecule is [CH2][C@H](C(=O)OC(C)(C)C)c1ccc(O)cc1. The van der Waals surface area contributed by atoms with Crippen molar-refractivity contribution in [2.45, 2.75) is 32.3 Å². The van der Waals surface area contributed by atoms with Gasteiger partial charge in [-0.1, -0.05) is 12.1 Å². The maximum Gasteiger partial charge on any atom is 0.313 e. The van der Waals surface area contributed by atoms with E-state index in [1.54, 1.807) is 12.1 Å². The van der Waals surface area contributed by atoms with Gasteiger partial charge in [-0.2, -0.15) is 0 Å². The van der Waals surface area contributed by atoms with E-state index >= 15 is 0 Å². The van der Waals surface area contributed by atoms with Crippen molar-refractivity contribution in [2.75, 3.05) is 0 Å². The molecule has 1 atom stereocenters. The van der Waals surface area contributed by atoms with Crippen molar-refractivity contribution in [2.24, 2.45) is 0 Å². The average Bonchev–Trinajstić information content (AvgIpc) is 2.15. The Labute approximate surface area is 96.1 Å². The van der Waals surface area contributed by atoms with Crippen LogP contribution in [0.3, 0.4) is 0 Å². The topological polar surface area (TPSA) is 46.5 Å². The van der Waals surface area contributed by atoms with E-state index < -0.39 is 11.5 Å². The van der Waals surface area contributed by atoms with E-state index in [1.807, 2.05) is 20.8 Å². The van der Waals surface area contributed by atoms with Gasteiger partial charge in [-0.3, -0.25) is 4.79 Å². The van der Waals surface area contributed by atoms with Crippen LogP contribution in [0.15, 0.2) is 24.3 Å². The normalized spacial score (nSPS) is 13.2. The number of hydrogen-bond acceptors (Lipinski definition) is 3. The zero-order chi connectivity index (χ0) is 12.3. The second kappa shape index (κ2) is 4.56. The second-order valence-electron chi connectivity index (χ2n) is 4.68. The molecular formula is C13H17O3. The van der Waals surface area contributed by atoms with Gasteiger partial charge < -0.3 is 9.84 Å². The van der Waals surface area contributed by atoms with E-state index in [-0.39, 0.29) is 11.7 Å². The van der Waals surface area contributed by atoms with Gasteiger partial charge in [0.05, 0.1) is 5.92 Å². The predicted octanol–water partition coefficient (Wildman–Crippen LogP) is 2.65. The molecule has 0 aliphatic carbocycles. The lowest BCUT2D eigenvalue weighted by Crippen LogP contribution is -2.26. The molecule has 0 heterocycles. The fourth-order valence-corrected chi connectivity index (χ4v) is 1.22. The quantitative estimate of drug-likeness (QED) is 0.781. The molecule has 0 aliphatic rings. The smallest absolute Gasteiger partial charge is 0.313 e.